The van der Waals surface area contributed by atoms with Crippen molar-refractivity contribution in [2.75, 3.05) is 0 Å². The lowest BCUT2D eigenvalue weighted by Gasteiger charge is -2.30. The zero-order valence-electron chi connectivity index (χ0n) is 34.4. The Morgan fingerprint density at radius 1 is 0.290 bits per heavy atom. The molecule has 0 radical (unpaired) electrons. The second kappa shape index (κ2) is 12.9. The van der Waals surface area contributed by atoms with Crippen molar-refractivity contribution in [3.8, 4) is 78.7 Å². The van der Waals surface area contributed by atoms with Gasteiger partial charge in [-0.3, -0.25) is 0 Å². The van der Waals surface area contributed by atoms with Crippen molar-refractivity contribution in [2.45, 2.75) is 24.7 Å². The minimum absolute atomic E-state index is 0.0871. The third-order valence-electron chi connectivity index (χ3n) is 14.0. The zero-order valence-corrected chi connectivity index (χ0v) is 34.4. The first-order valence-corrected chi connectivity index (χ1v) is 21.5. The van der Waals surface area contributed by atoms with Crippen molar-refractivity contribution >= 4 is 10.8 Å². The number of hydrogen-bond acceptors (Lipinski definition) is 3. The average molecular weight is 790 g/mol. The van der Waals surface area contributed by atoms with Crippen LogP contribution in [0.25, 0.3) is 89.4 Å². The van der Waals surface area contributed by atoms with Gasteiger partial charge in [-0.25, -0.2) is 15.0 Å². The summed E-state index contributed by atoms with van der Waals surface area (Å²) in [5, 5.41) is 2.57. The summed E-state index contributed by atoms with van der Waals surface area (Å²) in [6.45, 7) is 4.72. The van der Waals surface area contributed by atoms with Gasteiger partial charge in [-0.1, -0.05) is 208 Å². The molecule has 3 aliphatic rings. The molecule has 13 rings (SSSR count). The highest BCUT2D eigenvalue weighted by molar-refractivity contribution is 6.04. The highest BCUT2D eigenvalue weighted by Crippen LogP contribution is 2.63. The molecule has 1 spiro atoms. The van der Waals surface area contributed by atoms with Crippen LogP contribution in [-0.2, 0) is 10.8 Å². The Bertz CT molecular complexity index is 3430. The van der Waals surface area contributed by atoms with Crippen LogP contribution < -0.4 is 0 Å². The van der Waals surface area contributed by atoms with Gasteiger partial charge in [0.05, 0.1) is 5.41 Å². The quantitative estimate of drug-likeness (QED) is 0.178. The Morgan fingerprint density at radius 2 is 0.726 bits per heavy atom. The van der Waals surface area contributed by atoms with E-state index in [9.17, 15) is 0 Å². The molecule has 0 saturated heterocycles. The SMILES string of the molecule is CC1(C)c2ccccc2-c2ccc3c(-c4ccc(-c5nc(-c6ccccc6)nc(-c6ccc7c(c6)C6(c8ccccc8-c8ccccc86)c6ccccc6-7)n5)cc4)cccc3c21. The zero-order chi connectivity index (χ0) is 41.2. The predicted molar refractivity (Wildman–Crippen MR) is 253 cm³/mol. The van der Waals surface area contributed by atoms with Gasteiger partial charge in [0.2, 0.25) is 0 Å². The van der Waals surface area contributed by atoms with Crippen LogP contribution in [-0.4, -0.2) is 15.0 Å². The normalized spacial score (nSPS) is 14.2. The molecule has 3 heteroatoms. The van der Waals surface area contributed by atoms with Crippen molar-refractivity contribution in [1.82, 2.24) is 15.0 Å². The second-order valence-electron chi connectivity index (χ2n) is 17.5. The third-order valence-corrected chi connectivity index (χ3v) is 14.0. The van der Waals surface area contributed by atoms with E-state index in [2.05, 4.69) is 196 Å². The van der Waals surface area contributed by atoms with Crippen LogP contribution in [0.3, 0.4) is 0 Å². The van der Waals surface area contributed by atoms with Crippen molar-refractivity contribution in [1.29, 1.82) is 0 Å². The summed E-state index contributed by atoms with van der Waals surface area (Å²) in [5.41, 5.74) is 20.5. The lowest BCUT2D eigenvalue weighted by molar-refractivity contribution is 0.666. The van der Waals surface area contributed by atoms with Gasteiger partial charge in [-0.15, -0.1) is 0 Å². The van der Waals surface area contributed by atoms with E-state index in [0.29, 0.717) is 17.5 Å². The lowest BCUT2D eigenvalue weighted by Crippen LogP contribution is -2.25. The van der Waals surface area contributed by atoms with Crippen LogP contribution in [0.2, 0.25) is 0 Å². The van der Waals surface area contributed by atoms with E-state index < -0.39 is 5.41 Å². The van der Waals surface area contributed by atoms with Gasteiger partial charge in [0.1, 0.15) is 0 Å². The topological polar surface area (TPSA) is 38.7 Å². The molecule has 1 aromatic heterocycles. The van der Waals surface area contributed by atoms with Crippen LogP contribution in [0.4, 0.5) is 0 Å². The molecular weight excluding hydrogens is 751 g/mol. The molecule has 3 aliphatic carbocycles. The van der Waals surface area contributed by atoms with Gasteiger partial charge in [-0.05, 0) is 94.7 Å². The molecule has 1 heterocycles. The van der Waals surface area contributed by atoms with E-state index in [0.717, 1.165) is 22.3 Å². The molecule has 0 unspecified atom stereocenters. The molecule has 9 aromatic carbocycles. The highest BCUT2D eigenvalue weighted by Gasteiger charge is 2.51. The fourth-order valence-corrected chi connectivity index (χ4v) is 11.3. The summed E-state index contributed by atoms with van der Waals surface area (Å²) in [6, 6.07) is 72.8. The van der Waals surface area contributed by atoms with E-state index in [4.69, 9.17) is 15.0 Å². The van der Waals surface area contributed by atoms with Crippen molar-refractivity contribution in [3.63, 3.8) is 0 Å². The molecule has 62 heavy (non-hydrogen) atoms. The van der Waals surface area contributed by atoms with Crippen LogP contribution >= 0.6 is 0 Å². The second-order valence-corrected chi connectivity index (χ2v) is 17.5. The molecule has 0 aliphatic heterocycles. The number of nitrogens with zero attached hydrogens (tertiary/aromatic N) is 3. The lowest BCUT2D eigenvalue weighted by atomic mass is 9.70. The van der Waals surface area contributed by atoms with E-state index in [-0.39, 0.29) is 5.41 Å². The molecule has 0 bridgehead atoms. The molecule has 10 aromatic rings. The van der Waals surface area contributed by atoms with Gasteiger partial charge in [-0.2, -0.15) is 0 Å². The standard InChI is InChI=1S/C59H39N3/c1-58(2)49-23-10-6-20-45(49)48-34-33-41-40(21-14-22-47(41)54(48)58)36-27-29-38(30-28-36)56-60-55(37-15-4-3-5-16-37)61-57(62-56)39-31-32-46-44-19-9-13-26-52(44)59(53(46)35-39)50-24-11-7-17-42(50)43-18-8-12-25-51(43)59/h3-35H,1-2H3. The van der Waals surface area contributed by atoms with E-state index in [1.54, 1.807) is 0 Å². The first-order valence-electron chi connectivity index (χ1n) is 21.5. The smallest absolute Gasteiger partial charge is 0.164 e. The van der Waals surface area contributed by atoms with E-state index in [1.807, 2.05) is 18.2 Å². The van der Waals surface area contributed by atoms with Crippen molar-refractivity contribution in [3.05, 3.63) is 234 Å². The number of aromatic nitrogens is 3. The first kappa shape index (κ1) is 35.0. The minimum Gasteiger partial charge on any atom is -0.208 e. The van der Waals surface area contributed by atoms with Crippen molar-refractivity contribution in [2.24, 2.45) is 0 Å². The Balaban J connectivity index is 0.949. The maximum Gasteiger partial charge on any atom is 0.164 e. The summed E-state index contributed by atoms with van der Waals surface area (Å²) in [5.74, 6) is 1.94. The number of benzene rings is 9. The third kappa shape index (κ3) is 4.73. The monoisotopic (exact) mass is 789 g/mol. The minimum atomic E-state index is -0.454. The number of hydrogen-bond donors (Lipinski definition) is 0. The Labute approximate surface area is 361 Å². The fourth-order valence-electron chi connectivity index (χ4n) is 11.3. The van der Waals surface area contributed by atoms with Gasteiger partial charge in [0.15, 0.2) is 17.5 Å². The molecule has 0 N–H and O–H groups in total. The van der Waals surface area contributed by atoms with Crippen LogP contribution in [0.15, 0.2) is 200 Å². The summed E-state index contributed by atoms with van der Waals surface area (Å²) in [6.07, 6.45) is 0. The van der Waals surface area contributed by atoms with Gasteiger partial charge >= 0.3 is 0 Å². The fraction of sp³-hybridized carbons (Fsp3) is 0.0678. The van der Waals surface area contributed by atoms with Crippen molar-refractivity contribution < 1.29 is 0 Å². The number of fused-ring (bicyclic) bond motifs is 15. The molecule has 0 amide bonds. The Kier molecular flexibility index (Phi) is 7.28. The molecule has 3 nitrogen and oxygen atoms in total. The summed E-state index contributed by atoms with van der Waals surface area (Å²) >= 11 is 0. The summed E-state index contributed by atoms with van der Waals surface area (Å²) in [4.78, 5) is 15.6. The Morgan fingerprint density at radius 3 is 1.34 bits per heavy atom. The first-order chi connectivity index (χ1) is 30.5. The molecule has 0 fully saturated rings. The van der Waals surface area contributed by atoms with E-state index in [1.165, 1.54) is 83.1 Å². The molecule has 290 valence electrons. The van der Waals surface area contributed by atoms with Crippen LogP contribution in [0, 0.1) is 0 Å². The van der Waals surface area contributed by atoms with E-state index >= 15 is 0 Å². The molecule has 0 atom stereocenters. The largest absolute Gasteiger partial charge is 0.208 e. The summed E-state index contributed by atoms with van der Waals surface area (Å²) < 4.78 is 0. The van der Waals surface area contributed by atoms with Crippen LogP contribution in [0.1, 0.15) is 47.2 Å². The summed E-state index contributed by atoms with van der Waals surface area (Å²) in [7, 11) is 0. The Hall–Kier alpha value is -7.75. The van der Waals surface area contributed by atoms with Gasteiger partial charge in [0.25, 0.3) is 0 Å². The maximum absolute atomic E-state index is 5.28. The highest BCUT2D eigenvalue weighted by atomic mass is 15.0. The van der Waals surface area contributed by atoms with Gasteiger partial charge in [0, 0.05) is 22.1 Å². The molecule has 0 saturated carbocycles. The maximum atomic E-state index is 5.28. The predicted octanol–water partition coefficient (Wildman–Crippen LogP) is 14.3. The molecular formula is C59H39N3. The van der Waals surface area contributed by atoms with Crippen LogP contribution in [0.5, 0.6) is 0 Å². The number of rotatable bonds is 4. The average Bonchev–Trinajstić information content (AvgIpc) is 3.90. The van der Waals surface area contributed by atoms with Gasteiger partial charge < -0.3 is 0 Å².